The maximum absolute atomic E-state index is 12.7. The molecule has 0 saturated heterocycles. The fraction of sp³-hybridized carbons (Fsp3) is 0.280. The summed E-state index contributed by atoms with van der Waals surface area (Å²) in [5.41, 5.74) is 3.53. The van der Waals surface area contributed by atoms with Crippen molar-refractivity contribution < 1.29 is 19.1 Å². The molecule has 3 atom stereocenters. The minimum absolute atomic E-state index is 0.0296. The van der Waals surface area contributed by atoms with E-state index in [0.29, 0.717) is 42.3 Å². The molecular weight excluding hydrogens is 406 g/mol. The summed E-state index contributed by atoms with van der Waals surface area (Å²) < 4.78 is 12.3. The van der Waals surface area contributed by atoms with Gasteiger partial charge < -0.3 is 14.8 Å². The van der Waals surface area contributed by atoms with Gasteiger partial charge in [0.25, 0.3) is 0 Å². The maximum atomic E-state index is 12.7. The number of carbonyl (C=O) groups excluding carboxylic acids is 2. The SMILES string of the molecule is Cc1ccnc(C(=O)C[C@@H]2[C@H]3Oc4ccc(Oc5ccnc6c5CCC(=O)N6)cc4[C@@H]23)c1. The second kappa shape index (κ2) is 7.15. The number of aromatic nitrogens is 2. The zero-order chi connectivity index (χ0) is 21.8. The molecule has 2 aromatic heterocycles. The molecule has 4 heterocycles. The van der Waals surface area contributed by atoms with Crippen molar-refractivity contribution in [3.63, 3.8) is 0 Å². The highest BCUT2D eigenvalue weighted by molar-refractivity contribution is 5.95. The molecule has 7 nitrogen and oxygen atoms in total. The molecule has 3 aromatic rings. The van der Waals surface area contributed by atoms with Gasteiger partial charge in [-0.05, 0) is 55.3 Å². The van der Waals surface area contributed by atoms with Gasteiger partial charge >= 0.3 is 0 Å². The highest BCUT2D eigenvalue weighted by atomic mass is 16.5. The Hall–Kier alpha value is -3.74. The number of nitrogens with one attached hydrogen (secondary N) is 1. The monoisotopic (exact) mass is 427 g/mol. The molecule has 1 aromatic carbocycles. The van der Waals surface area contributed by atoms with Crippen molar-refractivity contribution in [2.45, 2.75) is 38.2 Å². The standard InChI is InChI=1S/C25H21N3O4/c1-13-6-8-26-18(10-13)19(29)12-17-23-16-11-14(2-4-20(16)32-24(17)23)31-21-7-9-27-25-15(21)3-5-22(30)28-25/h2,4,6-11,17,23-24H,3,5,12H2,1H3,(H,27,28,30)/t17-,23-,24+/m0/s1. The van der Waals surface area contributed by atoms with E-state index < -0.39 is 0 Å². The number of rotatable bonds is 5. The largest absolute Gasteiger partial charge is 0.489 e. The molecule has 7 heteroatoms. The Morgan fingerprint density at radius 3 is 2.91 bits per heavy atom. The molecule has 6 rings (SSSR count). The number of ketones is 1. The average Bonchev–Trinajstić information content (AvgIpc) is 3.30. The van der Waals surface area contributed by atoms with Crippen LogP contribution in [0.25, 0.3) is 0 Å². The van der Waals surface area contributed by atoms with Crippen LogP contribution in [0, 0.1) is 12.8 Å². The molecule has 0 bridgehead atoms. The second-order valence-corrected chi connectivity index (χ2v) is 8.60. The van der Waals surface area contributed by atoms with Crippen LogP contribution < -0.4 is 14.8 Å². The number of amides is 1. The molecule has 1 amide bonds. The molecule has 0 spiro atoms. The number of hydrogen-bond donors (Lipinski definition) is 1. The highest BCUT2D eigenvalue weighted by Crippen LogP contribution is 2.60. The predicted molar refractivity (Wildman–Crippen MR) is 116 cm³/mol. The number of hydrogen-bond acceptors (Lipinski definition) is 6. The van der Waals surface area contributed by atoms with E-state index in [2.05, 4.69) is 15.3 Å². The van der Waals surface area contributed by atoms with E-state index in [0.717, 1.165) is 22.4 Å². The van der Waals surface area contributed by atoms with Crippen LogP contribution in [0.5, 0.6) is 17.2 Å². The second-order valence-electron chi connectivity index (χ2n) is 8.60. The molecular formula is C25H21N3O4. The Morgan fingerprint density at radius 2 is 2.03 bits per heavy atom. The van der Waals surface area contributed by atoms with E-state index in [1.54, 1.807) is 12.4 Å². The van der Waals surface area contributed by atoms with Gasteiger partial charge in [0.05, 0.1) is 0 Å². The van der Waals surface area contributed by atoms with Crippen molar-refractivity contribution in [3.8, 4) is 17.2 Å². The van der Waals surface area contributed by atoms with E-state index in [9.17, 15) is 9.59 Å². The number of carbonyl (C=O) groups is 2. The lowest BCUT2D eigenvalue weighted by molar-refractivity contribution is -0.116. The predicted octanol–water partition coefficient (Wildman–Crippen LogP) is 4.21. The molecule has 3 aliphatic rings. The Kier molecular flexibility index (Phi) is 4.24. The summed E-state index contributed by atoms with van der Waals surface area (Å²) in [6, 6.07) is 11.3. The molecule has 0 radical (unpaired) electrons. The Morgan fingerprint density at radius 1 is 1.16 bits per heavy atom. The Balaban J connectivity index is 1.20. The van der Waals surface area contributed by atoms with Gasteiger partial charge in [-0.25, -0.2) is 4.98 Å². The van der Waals surface area contributed by atoms with Gasteiger partial charge in [0.2, 0.25) is 5.91 Å². The van der Waals surface area contributed by atoms with Crippen LogP contribution in [0.4, 0.5) is 5.82 Å². The summed E-state index contributed by atoms with van der Waals surface area (Å²) >= 11 is 0. The summed E-state index contributed by atoms with van der Waals surface area (Å²) in [6.45, 7) is 1.96. The first-order chi connectivity index (χ1) is 15.6. The Bertz CT molecular complexity index is 1270. The molecule has 1 N–H and O–H groups in total. The zero-order valence-corrected chi connectivity index (χ0v) is 17.5. The van der Waals surface area contributed by atoms with Crippen molar-refractivity contribution in [1.29, 1.82) is 0 Å². The van der Waals surface area contributed by atoms with E-state index in [1.165, 1.54) is 0 Å². The number of benzene rings is 1. The van der Waals surface area contributed by atoms with Crippen LogP contribution >= 0.6 is 0 Å². The Labute approximate surface area is 184 Å². The van der Waals surface area contributed by atoms with Gasteiger partial charge in [-0.2, -0.15) is 0 Å². The highest BCUT2D eigenvalue weighted by Gasteiger charge is 2.59. The minimum Gasteiger partial charge on any atom is -0.489 e. The van der Waals surface area contributed by atoms with Gasteiger partial charge in [0.1, 0.15) is 34.9 Å². The summed E-state index contributed by atoms with van der Waals surface area (Å²) in [5.74, 6) is 3.20. The number of fused-ring (bicyclic) bond motifs is 4. The maximum Gasteiger partial charge on any atom is 0.225 e. The fourth-order valence-electron chi connectivity index (χ4n) is 4.75. The molecule has 1 fully saturated rings. The van der Waals surface area contributed by atoms with Gasteiger partial charge in [-0.3, -0.25) is 14.6 Å². The summed E-state index contributed by atoms with van der Waals surface area (Å²) in [7, 11) is 0. The normalized spacial score (nSPS) is 22.2. The average molecular weight is 427 g/mol. The van der Waals surface area contributed by atoms with Crippen molar-refractivity contribution in [2.24, 2.45) is 5.92 Å². The molecule has 0 unspecified atom stereocenters. The van der Waals surface area contributed by atoms with Gasteiger partial charge in [-0.15, -0.1) is 0 Å². The quantitative estimate of drug-likeness (QED) is 0.614. The van der Waals surface area contributed by atoms with Crippen LogP contribution in [0.3, 0.4) is 0 Å². The third-order valence-corrected chi connectivity index (χ3v) is 6.42. The first-order valence-electron chi connectivity index (χ1n) is 10.8. The molecule has 1 saturated carbocycles. The van der Waals surface area contributed by atoms with E-state index in [-0.39, 0.29) is 29.6 Å². The zero-order valence-electron chi connectivity index (χ0n) is 17.5. The fourth-order valence-corrected chi connectivity index (χ4v) is 4.75. The van der Waals surface area contributed by atoms with Gasteiger partial charge in [0, 0.05) is 48.2 Å². The van der Waals surface area contributed by atoms with Crippen LogP contribution in [0.2, 0.25) is 0 Å². The van der Waals surface area contributed by atoms with Crippen LogP contribution in [0.15, 0.2) is 48.8 Å². The van der Waals surface area contributed by atoms with E-state index in [1.807, 2.05) is 43.3 Å². The number of pyridine rings is 2. The lowest BCUT2D eigenvalue weighted by Gasteiger charge is -2.19. The summed E-state index contributed by atoms with van der Waals surface area (Å²) in [6.07, 6.45) is 4.79. The van der Waals surface area contributed by atoms with E-state index in [4.69, 9.17) is 9.47 Å². The van der Waals surface area contributed by atoms with Crippen LogP contribution in [-0.2, 0) is 11.2 Å². The van der Waals surface area contributed by atoms with Gasteiger partial charge in [0.15, 0.2) is 5.78 Å². The summed E-state index contributed by atoms with van der Waals surface area (Å²) in [5, 5.41) is 2.80. The van der Waals surface area contributed by atoms with Gasteiger partial charge in [-0.1, -0.05) is 0 Å². The van der Waals surface area contributed by atoms with Crippen molar-refractivity contribution in [1.82, 2.24) is 9.97 Å². The van der Waals surface area contributed by atoms with E-state index >= 15 is 0 Å². The first-order valence-corrected chi connectivity index (χ1v) is 10.8. The molecule has 2 aliphatic heterocycles. The molecule has 1 aliphatic carbocycles. The number of Topliss-reactive ketones (excluding diaryl/α,β-unsaturated/α-hetero) is 1. The smallest absolute Gasteiger partial charge is 0.225 e. The number of ether oxygens (including phenoxy) is 2. The van der Waals surface area contributed by atoms with Crippen molar-refractivity contribution in [2.75, 3.05) is 5.32 Å². The number of nitrogens with zero attached hydrogens (tertiary/aromatic N) is 2. The molecule has 32 heavy (non-hydrogen) atoms. The number of anilines is 1. The van der Waals surface area contributed by atoms with Crippen molar-refractivity contribution >= 4 is 17.5 Å². The topological polar surface area (TPSA) is 90.4 Å². The van der Waals surface area contributed by atoms with Crippen LogP contribution in [0.1, 0.15) is 45.9 Å². The molecule has 160 valence electrons. The lowest BCUT2D eigenvalue weighted by atomic mass is 10.0. The van der Waals surface area contributed by atoms with Crippen LogP contribution in [-0.4, -0.2) is 27.8 Å². The third-order valence-electron chi connectivity index (χ3n) is 6.42. The minimum atomic E-state index is -0.0296. The lowest BCUT2D eigenvalue weighted by Crippen LogP contribution is -2.20. The summed E-state index contributed by atoms with van der Waals surface area (Å²) in [4.78, 5) is 32.8. The number of aryl methyl sites for hydroxylation is 1. The third kappa shape index (κ3) is 3.21. The first kappa shape index (κ1) is 19.0. The van der Waals surface area contributed by atoms with Crippen molar-refractivity contribution in [3.05, 3.63) is 71.2 Å².